The molecule has 56 valence electrons. The van der Waals surface area contributed by atoms with Crippen molar-refractivity contribution >= 4 is 0 Å². The Labute approximate surface area is 60.2 Å². The maximum atomic E-state index is 5.63. The Kier molecular flexibility index (Phi) is 1.97. The predicted molar refractivity (Wildman–Crippen MR) is 39.9 cm³/mol. The number of hydrogen-bond acceptors (Lipinski definition) is 2. The molecule has 0 fully saturated rings. The minimum atomic E-state index is 0.0289. The second-order valence-corrected chi connectivity index (χ2v) is 2.27. The van der Waals surface area contributed by atoms with E-state index in [2.05, 4.69) is 4.98 Å². The molecule has 0 aliphatic heterocycles. The van der Waals surface area contributed by atoms with Gasteiger partial charge < -0.3 is 15.5 Å². The number of H-pyrrole nitrogens is 1. The molecule has 3 N–H and O–H groups in total. The van der Waals surface area contributed by atoms with Crippen LogP contribution in [0.3, 0.4) is 0 Å². The van der Waals surface area contributed by atoms with Crippen molar-refractivity contribution in [3.63, 3.8) is 0 Å². The van der Waals surface area contributed by atoms with Crippen LogP contribution in [0, 0.1) is 0 Å². The van der Waals surface area contributed by atoms with Crippen LogP contribution in [0.15, 0.2) is 12.4 Å². The van der Waals surface area contributed by atoms with Gasteiger partial charge in [0.2, 0.25) is 0 Å². The number of aromatic amines is 1. The molecule has 0 saturated carbocycles. The van der Waals surface area contributed by atoms with Crippen LogP contribution in [-0.4, -0.2) is 12.1 Å². The van der Waals surface area contributed by atoms with E-state index >= 15 is 0 Å². The second-order valence-electron chi connectivity index (χ2n) is 2.27. The molecule has 0 aromatic carbocycles. The summed E-state index contributed by atoms with van der Waals surface area (Å²) in [5, 5.41) is 0. The molecular formula is C7H12N2O. The summed E-state index contributed by atoms with van der Waals surface area (Å²) in [4.78, 5) is 2.93. The van der Waals surface area contributed by atoms with E-state index in [9.17, 15) is 0 Å². The molecule has 0 spiro atoms. The Hall–Kier alpha value is -0.960. The van der Waals surface area contributed by atoms with Crippen LogP contribution in [0.5, 0.6) is 5.75 Å². The standard InChI is InChI=1S/C7H12N2O/c1-5(8)6-3-9-4-7(6)10-2/h3-5,9H,8H2,1-2H3. The number of hydrogen-bond donors (Lipinski definition) is 2. The van der Waals surface area contributed by atoms with Crippen molar-refractivity contribution in [1.82, 2.24) is 4.98 Å². The molecule has 0 bridgehead atoms. The highest BCUT2D eigenvalue weighted by Gasteiger charge is 2.06. The van der Waals surface area contributed by atoms with Crippen LogP contribution >= 0.6 is 0 Å². The van der Waals surface area contributed by atoms with E-state index < -0.39 is 0 Å². The average molecular weight is 140 g/mol. The monoisotopic (exact) mass is 140 g/mol. The highest BCUT2D eigenvalue weighted by Crippen LogP contribution is 2.21. The van der Waals surface area contributed by atoms with Crippen LogP contribution < -0.4 is 10.5 Å². The molecule has 1 rings (SSSR count). The number of ether oxygens (including phenoxy) is 1. The SMILES string of the molecule is COc1c[nH]cc1C(C)N. The minimum absolute atomic E-state index is 0.0289. The lowest BCUT2D eigenvalue weighted by atomic mass is 10.2. The quantitative estimate of drug-likeness (QED) is 0.645. The van der Waals surface area contributed by atoms with E-state index in [1.54, 1.807) is 13.3 Å². The first-order valence-corrected chi connectivity index (χ1v) is 3.22. The number of methoxy groups -OCH3 is 1. The molecule has 0 aliphatic rings. The largest absolute Gasteiger partial charge is 0.495 e. The lowest BCUT2D eigenvalue weighted by Crippen LogP contribution is -2.04. The zero-order valence-corrected chi connectivity index (χ0v) is 6.22. The van der Waals surface area contributed by atoms with Gasteiger partial charge in [0.05, 0.1) is 7.11 Å². The molecule has 0 amide bonds. The van der Waals surface area contributed by atoms with Gasteiger partial charge in [0, 0.05) is 24.0 Å². The summed E-state index contributed by atoms with van der Waals surface area (Å²) in [6, 6.07) is 0.0289. The third-order valence-electron chi connectivity index (χ3n) is 1.45. The van der Waals surface area contributed by atoms with E-state index in [0.717, 1.165) is 11.3 Å². The summed E-state index contributed by atoms with van der Waals surface area (Å²) in [6.45, 7) is 1.92. The lowest BCUT2D eigenvalue weighted by Gasteiger charge is -2.04. The molecule has 0 aliphatic carbocycles. The maximum Gasteiger partial charge on any atom is 0.141 e. The first-order valence-electron chi connectivity index (χ1n) is 3.22. The van der Waals surface area contributed by atoms with Crippen molar-refractivity contribution in [2.75, 3.05) is 7.11 Å². The predicted octanol–water partition coefficient (Wildman–Crippen LogP) is 1.04. The summed E-state index contributed by atoms with van der Waals surface area (Å²) >= 11 is 0. The van der Waals surface area contributed by atoms with Gasteiger partial charge in [-0.1, -0.05) is 0 Å². The average Bonchev–Trinajstić information content (AvgIpc) is 2.33. The fourth-order valence-electron chi connectivity index (χ4n) is 0.894. The third-order valence-corrected chi connectivity index (χ3v) is 1.45. The first kappa shape index (κ1) is 7.15. The van der Waals surface area contributed by atoms with E-state index in [1.807, 2.05) is 13.1 Å². The summed E-state index contributed by atoms with van der Waals surface area (Å²) in [5.41, 5.74) is 6.65. The minimum Gasteiger partial charge on any atom is -0.495 e. The Morgan fingerprint density at radius 2 is 2.30 bits per heavy atom. The van der Waals surface area contributed by atoms with Crippen molar-refractivity contribution < 1.29 is 4.74 Å². The summed E-state index contributed by atoms with van der Waals surface area (Å²) in [5.74, 6) is 0.829. The molecular weight excluding hydrogens is 128 g/mol. The summed E-state index contributed by atoms with van der Waals surface area (Å²) in [6.07, 6.45) is 3.64. The zero-order valence-electron chi connectivity index (χ0n) is 6.22. The van der Waals surface area contributed by atoms with Crippen molar-refractivity contribution in [3.05, 3.63) is 18.0 Å². The van der Waals surface area contributed by atoms with Crippen LogP contribution in [0.25, 0.3) is 0 Å². The smallest absolute Gasteiger partial charge is 0.141 e. The topological polar surface area (TPSA) is 51.0 Å². The van der Waals surface area contributed by atoms with Gasteiger partial charge in [0.15, 0.2) is 0 Å². The molecule has 1 aromatic rings. The van der Waals surface area contributed by atoms with Crippen LogP contribution in [0.2, 0.25) is 0 Å². The highest BCUT2D eigenvalue weighted by atomic mass is 16.5. The number of nitrogens with one attached hydrogen (secondary N) is 1. The molecule has 0 radical (unpaired) electrons. The summed E-state index contributed by atoms with van der Waals surface area (Å²) < 4.78 is 5.04. The Morgan fingerprint density at radius 1 is 1.60 bits per heavy atom. The fraction of sp³-hybridized carbons (Fsp3) is 0.429. The lowest BCUT2D eigenvalue weighted by molar-refractivity contribution is 0.408. The van der Waals surface area contributed by atoms with Crippen molar-refractivity contribution in [2.24, 2.45) is 5.73 Å². The van der Waals surface area contributed by atoms with E-state index in [0.29, 0.717) is 0 Å². The molecule has 10 heavy (non-hydrogen) atoms. The maximum absolute atomic E-state index is 5.63. The normalized spacial score (nSPS) is 13.1. The molecule has 0 saturated heterocycles. The van der Waals surface area contributed by atoms with Gasteiger partial charge in [-0.15, -0.1) is 0 Å². The third kappa shape index (κ3) is 1.14. The molecule has 1 unspecified atom stereocenters. The van der Waals surface area contributed by atoms with Crippen molar-refractivity contribution in [3.8, 4) is 5.75 Å². The molecule has 3 nitrogen and oxygen atoms in total. The summed E-state index contributed by atoms with van der Waals surface area (Å²) in [7, 11) is 1.63. The van der Waals surface area contributed by atoms with Crippen molar-refractivity contribution in [2.45, 2.75) is 13.0 Å². The Morgan fingerprint density at radius 3 is 2.70 bits per heavy atom. The first-order chi connectivity index (χ1) is 4.75. The number of rotatable bonds is 2. The van der Waals surface area contributed by atoms with Gasteiger partial charge >= 0.3 is 0 Å². The van der Waals surface area contributed by atoms with Gasteiger partial charge in [-0.2, -0.15) is 0 Å². The fourth-order valence-corrected chi connectivity index (χ4v) is 0.894. The van der Waals surface area contributed by atoms with Crippen LogP contribution in [0.4, 0.5) is 0 Å². The van der Waals surface area contributed by atoms with Gasteiger partial charge in [-0.05, 0) is 6.92 Å². The van der Waals surface area contributed by atoms with Crippen molar-refractivity contribution in [1.29, 1.82) is 0 Å². The van der Waals surface area contributed by atoms with Gasteiger partial charge in [0.25, 0.3) is 0 Å². The van der Waals surface area contributed by atoms with Crippen LogP contribution in [-0.2, 0) is 0 Å². The number of aromatic nitrogens is 1. The zero-order chi connectivity index (χ0) is 7.56. The molecule has 1 aromatic heterocycles. The Balaban J connectivity index is 2.90. The number of nitrogens with two attached hydrogens (primary N) is 1. The van der Waals surface area contributed by atoms with E-state index in [1.165, 1.54) is 0 Å². The second kappa shape index (κ2) is 2.75. The van der Waals surface area contributed by atoms with Gasteiger partial charge in [0.1, 0.15) is 5.75 Å². The van der Waals surface area contributed by atoms with E-state index in [-0.39, 0.29) is 6.04 Å². The van der Waals surface area contributed by atoms with Gasteiger partial charge in [-0.25, -0.2) is 0 Å². The molecule has 3 heteroatoms. The Bertz CT molecular complexity index is 205. The van der Waals surface area contributed by atoms with Crippen LogP contribution in [0.1, 0.15) is 18.5 Å². The van der Waals surface area contributed by atoms with E-state index in [4.69, 9.17) is 10.5 Å². The molecule has 1 heterocycles. The molecule has 1 atom stereocenters. The van der Waals surface area contributed by atoms with Gasteiger partial charge in [-0.3, -0.25) is 0 Å². The highest BCUT2D eigenvalue weighted by molar-refractivity contribution is 5.32.